The number of thioether (sulfide) groups is 1. The molecule has 0 saturated heterocycles. The molecular formula is C13H20FNO3S2. The van der Waals surface area contributed by atoms with E-state index in [4.69, 9.17) is 0 Å². The highest BCUT2D eigenvalue weighted by Crippen LogP contribution is 2.13. The largest absolute Gasteiger partial charge is 0.389 e. The number of rotatable bonds is 8. The molecule has 1 aromatic rings. The first kappa shape index (κ1) is 17.4. The molecule has 1 aromatic carbocycles. The van der Waals surface area contributed by atoms with Crippen LogP contribution in [0.15, 0.2) is 24.3 Å². The average Bonchev–Trinajstić information content (AvgIpc) is 2.37. The number of nitrogens with one attached hydrogen (secondary N) is 1. The number of hydrogen-bond donors (Lipinski definition) is 2. The SMILES string of the molecule is CSCCC(C)(O)CNS(=O)(=O)Cc1ccc(F)cc1. The Bertz CT molecular complexity index is 515. The lowest BCUT2D eigenvalue weighted by Crippen LogP contribution is -2.41. The molecule has 0 fully saturated rings. The van der Waals surface area contributed by atoms with Gasteiger partial charge in [0.2, 0.25) is 10.0 Å². The standard InChI is InChI=1S/C13H20FNO3S2/c1-13(16,7-8-19-2)10-15-20(17,18)9-11-3-5-12(14)6-4-11/h3-6,15-16H,7-10H2,1-2H3. The second-order valence-electron chi connectivity index (χ2n) is 4.95. The number of sulfonamides is 1. The van der Waals surface area contributed by atoms with E-state index in [0.29, 0.717) is 12.0 Å². The zero-order valence-electron chi connectivity index (χ0n) is 11.6. The average molecular weight is 321 g/mol. The summed E-state index contributed by atoms with van der Waals surface area (Å²) in [5.41, 5.74) is -0.568. The third-order valence-corrected chi connectivity index (χ3v) is 4.70. The molecule has 0 aliphatic heterocycles. The second kappa shape index (κ2) is 7.40. The van der Waals surface area contributed by atoms with E-state index < -0.39 is 21.4 Å². The molecule has 0 saturated carbocycles. The summed E-state index contributed by atoms with van der Waals surface area (Å²) in [5.74, 6) is 0.123. The van der Waals surface area contributed by atoms with Crippen LogP contribution >= 0.6 is 11.8 Å². The van der Waals surface area contributed by atoms with Crippen LogP contribution in [0.3, 0.4) is 0 Å². The van der Waals surface area contributed by atoms with E-state index in [1.165, 1.54) is 24.3 Å². The van der Waals surface area contributed by atoms with Crippen molar-refractivity contribution in [1.29, 1.82) is 0 Å². The van der Waals surface area contributed by atoms with E-state index in [0.717, 1.165) is 5.75 Å². The van der Waals surface area contributed by atoms with Crippen LogP contribution in [0.1, 0.15) is 18.9 Å². The molecule has 0 bridgehead atoms. The van der Waals surface area contributed by atoms with E-state index in [-0.39, 0.29) is 12.3 Å². The van der Waals surface area contributed by atoms with Gasteiger partial charge in [-0.1, -0.05) is 12.1 Å². The predicted octanol–water partition coefficient (Wildman–Crippen LogP) is 1.75. The maximum atomic E-state index is 12.7. The molecule has 7 heteroatoms. The van der Waals surface area contributed by atoms with Crippen LogP contribution in [-0.2, 0) is 15.8 Å². The van der Waals surface area contributed by atoms with Crippen LogP contribution < -0.4 is 4.72 Å². The fourth-order valence-corrected chi connectivity index (χ4v) is 3.43. The van der Waals surface area contributed by atoms with E-state index in [1.54, 1.807) is 18.7 Å². The summed E-state index contributed by atoms with van der Waals surface area (Å²) in [7, 11) is -3.54. The van der Waals surface area contributed by atoms with Crippen molar-refractivity contribution in [1.82, 2.24) is 4.72 Å². The van der Waals surface area contributed by atoms with Gasteiger partial charge in [-0.15, -0.1) is 0 Å². The van der Waals surface area contributed by atoms with Gasteiger partial charge in [-0.3, -0.25) is 0 Å². The number of aliphatic hydroxyl groups is 1. The van der Waals surface area contributed by atoms with E-state index in [1.807, 2.05) is 6.26 Å². The van der Waals surface area contributed by atoms with Crippen LogP contribution in [0.2, 0.25) is 0 Å². The Kier molecular flexibility index (Phi) is 6.44. The first-order valence-electron chi connectivity index (χ1n) is 6.17. The first-order chi connectivity index (χ1) is 9.24. The normalized spacial score (nSPS) is 15.0. The Morgan fingerprint density at radius 1 is 1.35 bits per heavy atom. The van der Waals surface area contributed by atoms with Gasteiger partial charge in [0, 0.05) is 6.54 Å². The minimum absolute atomic E-state index is 0.0307. The fraction of sp³-hybridized carbons (Fsp3) is 0.538. The fourth-order valence-electron chi connectivity index (χ4n) is 1.53. The van der Waals surface area contributed by atoms with Crippen LogP contribution in [0.25, 0.3) is 0 Å². The maximum Gasteiger partial charge on any atom is 0.215 e. The topological polar surface area (TPSA) is 66.4 Å². The molecule has 0 aliphatic rings. The maximum absolute atomic E-state index is 12.7. The molecule has 1 unspecified atom stereocenters. The van der Waals surface area contributed by atoms with Crippen molar-refractivity contribution in [2.75, 3.05) is 18.6 Å². The minimum atomic E-state index is -3.54. The molecule has 0 heterocycles. The quantitative estimate of drug-likeness (QED) is 0.765. The van der Waals surface area contributed by atoms with Crippen LogP contribution in [-0.4, -0.2) is 37.7 Å². The van der Waals surface area contributed by atoms with Crippen molar-refractivity contribution in [3.63, 3.8) is 0 Å². The van der Waals surface area contributed by atoms with Gasteiger partial charge < -0.3 is 5.11 Å². The van der Waals surface area contributed by atoms with Gasteiger partial charge in [0.25, 0.3) is 0 Å². The highest BCUT2D eigenvalue weighted by atomic mass is 32.2. The Hall–Kier alpha value is -0.630. The second-order valence-corrected chi connectivity index (χ2v) is 7.74. The molecule has 4 nitrogen and oxygen atoms in total. The van der Waals surface area contributed by atoms with Crippen LogP contribution in [0, 0.1) is 5.82 Å². The number of benzene rings is 1. The molecule has 0 aliphatic carbocycles. The van der Waals surface area contributed by atoms with E-state index in [9.17, 15) is 17.9 Å². The van der Waals surface area contributed by atoms with Gasteiger partial charge in [0.1, 0.15) is 5.82 Å². The smallest absolute Gasteiger partial charge is 0.215 e. The number of halogens is 1. The summed E-state index contributed by atoms with van der Waals surface area (Å²) in [4.78, 5) is 0. The Labute approximate surface area is 123 Å². The van der Waals surface area contributed by atoms with Gasteiger partial charge in [0.05, 0.1) is 11.4 Å². The molecule has 20 heavy (non-hydrogen) atoms. The molecule has 1 rings (SSSR count). The van der Waals surface area contributed by atoms with Crippen LogP contribution in [0.4, 0.5) is 4.39 Å². The molecule has 1 atom stereocenters. The predicted molar refractivity (Wildman–Crippen MR) is 80.6 cm³/mol. The Morgan fingerprint density at radius 3 is 2.50 bits per heavy atom. The Morgan fingerprint density at radius 2 is 1.95 bits per heavy atom. The molecule has 0 radical (unpaired) electrons. The summed E-state index contributed by atoms with van der Waals surface area (Å²) in [5, 5.41) is 10.0. The third kappa shape index (κ3) is 6.69. The third-order valence-electron chi connectivity index (χ3n) is 2.79. The van der Waals surface area contributed by atoms with Gasteiger partial charge in [-0.25, -0.2) is 17.5 Å². The summed E-state index contributed by atoms with van der Waals surface area (Å²) < 4.78 is 38.9. The van der Waals surface area contributed by atoms with E-state index in [2.05, 4.69) is 4.72 Å². The summed E-state index contributed by atoms with van der Waals surface area (Å²) in [6.45, 7) is 1.57. The zero-order chi connectivity index (χ0) is 15.2. The number of hydrogen-bond acceptors (Lipinski definition) is 4. The van der Waals surface area contributed by atoms with Crippen molar-refractivity contribution in [3.05, 3.63) is 35.6 Å². The van der Waals surface area contributed by atoms with Crippen molar-refractivity contribution in [2.24, 2.45) is 0 Å². The van der Waals surface area contributed by atoms with E-state index >= 15 is 0 Å². The first-order valence-corrected chi connectivity index (χ1v) is 9.22. The van der Waals surface area contributed by atoms with Gasteiger partial charge >= 0.3 is 0 Å². The lowest BCUT2D eigenvalue weighted by atomic mass is 10.1. The van der Waals surface area contributed by atoms with Gasteiger partial charge in [0.15, 0.2) is 0 Å². The monoisotopic (exact) mass is 321 g/mol. The zero-order valence-corrected chi connectivity index (χ0v) is 13.2. The summed E-state index contributed by atoms with van der Waals surface area (Å²) in [6.07, 6.45) is 2.43. The molecule has 0 aromatic heterocycles. The van der Waals surface area contributed by atoms with Crippen molar-refractivity contribution >= 4 is 21.8 Å². The highest BCUT2D eigenvalue weighted by molar-refractivity contribution is 7.98. The lowest BCUT2D eigenvalue weighted by molar-refractivity contribution is 0.0626. The van der Waals surface area contributed by atoms with Crippen molar-refractivity contribution in [3.8, 4) is 0 Å². The summed E-state index contributed by atoms with van der Waals surface area (Å²) in [6, 6.07) is 5.31. The van der Waals surface area contributed by atoms with Crippen molar-refractivity contribution < 1.29 is 17.9 Å². The van der Waals surface area contributed by atoms with Gasteiger partial charge in [-0.05, 0) is 43.0 Å². The highest BCUT2D eigenvalue weighted by Gasteiger charge is 2.23. The molecule has 0 spiro atoms. The van der Waals surface area contributed by atoms with Crippen LogP contribution in [0.5, 0.6) is 0 Å². The minimum Gasteiger partial charge on any atom is -0.389 e. The van der Waals surface area contributed by atoms with Gasteiger partial charge in [-0.2, -0.15) is 11.8 Å². The molecule has 0 amide bonds. The molecule has 2 N–H and O–H groups in total. The lowest BCUT2D eigenvalue weighted by Gasteiger charge is -2.23. The molecular weight excluding hydrogens is 301 g/mol. The summed E-state index contributed by atoms with van der Waals surface area (Å²) >= 11 is 1.59. The molecule has 114 valence electrons. The van der Waals surface area contributed by atoms with Crippen molar-refractivity contribution in [2.45, 2.75) is 24.7 Å². The Balaban J connectivity index is 2.55.